The van der Waals surface area contributed by atoms with E-state index in [-0.39, 0.29) is 4.90 Å². The molecule has 0 amide bonds. The minimum atomic E-state index is -3.69. The largest absolute Gasteiger partial charge is 0.269 e. The summed E-state index contributed by atoms with van der Waals surface area (Å²) in [6, 6.07) is 19.6. The fourth-order valence-corrected chi connectivity index (χ4v) is 1.66. The Kier molecular flexibility index (Phi) is 4.92. The summed E-state index contributed by atoms with van der Waals surface area (Å²) in [5.74, 6) is 0. The van der Waals surface area contributed by atoms with Gasteiger partial charge in [0.05, 0.1) is 4.90 Å². The highest BCUT2D eigenvalue weighted by Crippen LogP contribution is 2.07. The van der Waals surface area contributed by atoms with Crippen LogP contribution in [0.15, 0.2) is 71.6 Å². The number of hydrogen-bond donors (Lipinski definition) is 0. The number of sulfone groups is 1. The molecule has 0 heterocycles. The van der Waals surface area contributed by atoms with Crippen LogP contribution >= 0.6 is 0 Å². The van der Waals surface area contributed by atoms with E-state index in [0.29, 0.717) is 0 Å². The maximum atomic E-state index is 10.8. The summed E-state index contributed by atoms with van der Waals surface area (Å²) in [5.41, 5.74) is 0. The third-order valence-electron chi connectivity index (χ3n) is 1.84. The summed E-state index contributed by atoms with van der Waals surface area (Å²) in [4.78, 5) is 0.0440. The van der Waals surface area contributed by atoms with Gasteiger partial charge in [-0.25, -0.2) is 8.42 Å². The second-order valence-corrected chi connectivity index (χ2v) is 4.72. The Bertz CT molecular complexity index is 545. The Morgan fingerprint density at radius 2 is 1.12 bits per heavy atom. The lowest BCUT2D eigenvalue weighted by atomic mass is 10.4. The zero-order chi connectivity index (χ0) is 12.6. The molecule has 2 aromatic carbocycles. The van der Waals surface area contributed by atoms with Crippen LogP contribution in [-0.2, 0) is 9.84 Å². The van der Waals surface area contributed by atoms with E-state index < -0.39 is 9.84 Å². The normalized spacial score (nSPS) is 9.59. The summed E-state index contributed by atoms with van der Waals surface area (Å²) >= 11 is 0. The zero-order valence-corrected chi connectivity index (χ0v) is 9.84. The van der Waals surface area contributed by atoms with Crippen LogP contribution in [0.4, 0.5) is 0 Å². The van der Waals surface area contributed by atoms with Crippen LogP contribution in [0.5, 0.6) is 0 Å². The number of thiocyanates is 1. The Hall–Kier alpha value is -2.12. The summed E-state index contributed by atoms with van der Waals surface area (Å²) in [6.45, 7) is 0. The van der Waals surface area contributed by atoms with Gasteiger partial charge in [-0.2, -0.15) is 5.26 Å². The molecule has 0 aliphatic carbocycles. The van der Waals surface area contributed by atoms with Crippen molar-refractivity contribution in [2.24, 2.45) is 0 Å². The lowest BCUT2D eigenvalue weighted by molar-refractivity contribution is 0.605. The maximum absolute atomic E-state index is 10.8. The molecule has 0 atom stereocenters. The van der Waals surface area contributed by atoms with Gasteiger partial charge in [0.1, 0.15) is 0 Å². The van der Waals surface area contributed by atoms with E-state index in [2.05, 4.69) is 0 Å². The number of hydrogen-bond acceptors (Lipinski definition) is 3. The molecule has 0 saturated heterocycles. The van der Waals surface area contributed by atoms with Crippen molar-refractivity contribution >= 4 is 9.84 Å². The molecule has 2 rings (SSSR count). The summed E-state index contributed by atoms with van der Waals surface area (Å²) < 4.78 is 21.7. The molecule has 0 saturated carbocycles. The molecule has 0 bridgehead atoms. The van der Waals surface area contributed by atoms with Crippen molar-refractivity contribution in [1.82, 2.24) is 0 Å². The zero-order valence-electron chi connectivity index (χ0n) is 9.02. The molecule has 0 aliphatic heterocycles. The van der Waals surface area contributed by atoms with E-state index >= 15 is 0 Å². The quantitative estimate of drug-likeness (QED) is 0.573. The standard InChI is InChI=1S/C7H5NO2S.C6H6/c8-6-11(9,10)7-4-2-1-3-5-7;1-2-4-6-5-3-1/h1-5H;1-6H. The fourth-order valence-electron chi connectivity index (χ4n) is 1.04. The van der Waals surface area contributed by atoms with Gasteiger partial charge >= 0.3 is 0 Å². The average Bonchev–Trinajstić information content (AvgIpc) is 2.42. The molecule has 3 nitrogen and oxygen atoms in total. The first-order valence-electron chi connectivity index (χ1n) is 4.88. The third-order valence-corrected chi connectivity index (χ3v) is 2.97. The van der Waals surface area contributed by atoms with E-state index in [4.69, 9.17) is 5.26 Å². The Balaban J connectivity index is 0.000000202. The second kappa shape index (κ2) is 6.46. The van der Waals surface area contributed by atoms with Gasteiger partial charge < -0.3 is 0 Å². The minimum absolute atomic E-state index is 0.0440. The molecular formula is C13H11NO2S. The molecule has 0 aromatic heterocycles. The maximum Gasteiger partial charge on any atom is 0.269 e. The number of nitriles is 1. The van der Waals surface area contributed by atoms with Gasteiger partial charge in [-0.3, -0.25) is 0 Å². The molecule has 86 valence electrons. The second-order valence-electron chi connectivity index (χ2n) is 3.06. The van der Waals surface area contributed by atoms with E-state index in [1.807, 2.05) is 36.4 Å². The Labute approximate surface area is 101 Å². The molecule has 17 heavy (non-hydrogen) atoms. The van der Waals surface area contributed by atoms with Gasteiger partial charge in [-0.1, -0.05) is 54.6 Å². The van der Waals surface area contributed by atoms with Gasteiger partial charge in [0, 0.05) is 0 Å². The molecule has 2 aromatic rings. The van der Waals surface area contributed by atoms with Gasteiger partial charge in [0.2, 0.25) is 0 Å². The average molecular weight is 245 g/mol. The molecule has 0 fully saturated rings. The summed E-state index contributed by atoms with van der Waals surface area (Å²) in [6.07, 6.45) is 0. The van der Waals surface area contributed by atoms with E-state index in [9.17, 15) is 8.42 Å². The lowest BCUT2D eigenvalue weighted by Crippen LogP contribution is -1.94. The predicted octanol–water partition coefficient (Wildman–Crippen LogP) is 2.63. The van der Waals surface area contributed by atoms with Crippen LogP contribution in [0, 0.1) is 10.7 Å². The summed E-state index contributed by atoms with van der Waals surface area (Å²) in [5, 5.41) is 9.44. The Morgan fingerprint density at radius 1 is 0.765 bits per heavy atom. The first-order chi connectivity index (χ1) is 8.17. The molecular weight excluding hydrogens is 234 g/mol. The van der Waals surface area contributed by atoms with E-state index in [1.165, 1.54) is 17.5 Å². The van der Waals surface area contributed by atoms with Crippen LogP contribution in [-0.4, -0.2) is 8.42 Å². The number of nitrogens with zero attached hydrogens (tertiary/aromatic N) is 1. The SMILES string of the molecule is N#CS(=O)(=O)c1ccccc1.c1ccccc1. The number of benzene rings is 2. The van der Waals surface area contributed by atoms with Gasteiger partial charge in [-0.15, -0.1) is 0 Å². The molecule has 0 aliphatic rings. The highest BCUT2D eigenvalue weighted by Gasteiger charge is 2.10. The van der Waals surface area contributed by atoms with Crippen molar-refractivity contribution in [3.05, 3.63) is 66.7 Å². The van der Waals surface area contributed by atoms with Crippen LogP contribution in [0.25, 0.3) is 0 Å². The molecule has 0 radical (unpaired) electrons. The smallest absolute Gasteiger partial charge is 0.208 e. The van der Waals surface area contributed by atoms with Crippen molar-refractivity contribution in [3.63, 3.8) is 0 Å². The molecule has 0 N–H and O–H groups in total. The first-order valence-corrected chi connectivity index (χ1v) is 6.36. The molecule has 0 unspecified atom stereocenters. The van der Waals surface area contributed by atoms with Crippen LogP contribution in [0.2, 0.25) is 0 Å². The topological polar surface area (TPSA) is 57.9 Å². The van der Waals surface area contributed by atoms with Crippen molar-refractivity contribution in [2.75, 3.05) is 0 Å². The van der Waals surface area contributed by atoms with Crippen molar-refractivity contribution < 1.29 is 8.42 Å². The highest BCUT2D eigenvalue weighted by molar-refractivity contribution is 7.95. The third kappa shape index (κ3) is 4.49. The fraction of sp³-hybridized carbons (Fsp3) is 0. The molecule has 4 heteroatoms. The monoisotopic (exact) mass is 245 g/mol. The van der Waals surface area contributed by atoms with Crippen LogP contribution < -0.4 is 0 Å². The molecule has 0 spiro atoms. The van der Waals surface area contributed by atoms with Crippen molar-refractivity contribution in [3.8, 4) is 5.40 Å². The first kappa shape index (κ1) is 12.9. The number of rotatable bonds is 1. The van der Waals surface area contributed by atoms with Gasteiger partial charge in [-0.05, 0) is 12.1 Å². The van der Waals surface area contributed by atoms with Crippen molar-refractivity contribution in [1.29, 1.82) is 5.26 Å². The highest BCUT2D eigenvalue weighted by atomic mass is 32.2. The predicted molar refractivity (Wildman–Crippen MR) is 65.7 cm³/mol. The van der Waals surface area contributed by atoms with Crippen LogP contribution in [0.1, 0.15) is 0 Å². The summed E-state index contributed by atoms with van der Waals surface area (Å²) in [7, 11) is -3.69. The van der Waals surface area contributed by atoms with Gasteiger partial charge in [0.15, 0.2) is 5.40 Å². The lowest BCUT2D eigenvalue weighted by Gasteiger charge is -1.91. The van der Waals surface area contributed by atoms with E-state index in [1.54, 1.807) is 18.2 Å². The van der Waals surface area contributed by atoms with Crippen molar-refractivity contribution in [2.45, 2.75) is 4.90 Å². The van der Waals surface area contributed by atoms with Gasteiger partial charge in [0.25, 0.3) is 9.84 Å². The van der Waals surface area contributed by atoms with Crippen LogP contribution in [0.3, 0.4) is 0 Å². The Morgan fingerprint density at radius 3 is 1.47 bits per heavy atom. The van der Waals surface area contributed by atoms with E-state index in [0.717, 1.165) is 0 Å². The minimum Gasteiger partial charge on any atom is -0.208 e.